The first-order valence-electron chi connectivity index (χ1n) is 10.9. The van der Waals surface area contributed by atoms with E-state index in [0.29, 0.717) is 24.4 Å². The molecule has 0 spiro atoms. The Kier molecular flexibility index (Phi) is 6.80. The highest BCUT2D eigenvalue weighted by molar-refractivity contribution is 6.03. The van der Waals surface area contributed by atoms with Crippen LogP contribution in [-0.2, 0) is 11.3 Å². The van der Waals surface area contributed by atoms with Crippen molar-refractivity contribution < 1.29 is 9.59 Å². The van der Waals surface area contributed by atoms with Crippen molar-refractivity contribution in [2.75, 3.05) is 23.3 Å². The van der Waals surface area contributed by atoms with Gasteiger partial charge in [0.1, 0.15) is 6.04 Å². The fraction of sp³-hybridized carbons (Fsp3) is 0.440. The second kappa shape index (κ2) is 9.33. The number of carbonyl (C=O) groups excluding carboxylic acids is 2. The van der Waals surface area contributed by atoms with Crippen LogP contribution in [-0.4, -0.2) is 35.8 Å². The molecule has 1 heterocycles. The minimum Gasteiger partial charge on any atom is -0.372 e. The highest BCUT2D eigenvalue weighted by atomic mass is 16.2. The number of benzene rings is 2. The molecule has 0 fully saturated rings. The van der Waals surface area contributed by atoms with Gasteiger partial charge in [0.2, 0.25) is 5.91 Å². The van der Waals surface area contributed by atoms with Crippen molar-refractivity contribution in [1.82, 2.24) is 4.90 Å². The van der Waals surface area contributed by atoms with Gasteiger partial charge in [0, 0.05) is 36.6 Å². The van der Waals surface area contributed by atoms with Crippen molar-refractivity contribution in [3.8, 4) is 0 Å². The lowest BCUT2D eigenvalue weighted by atomic mass is 10.0. The molecule has 1 aliphatic heterocycles. The van der Waals surface area contributed by atoms with E-state index in [-0.39, 0.29) is 11.8 Å². The van der Waals surface area contributed by atoms with Gasteiger partial charge in [-0.15, -0.1) is 0 Å². The summed E-state index contributed by atoms with van der Waals surface area (Å²) in [4.78, 5) is 30.3. The first-order chi connectivity index (χ1) is 14.3. The zero-order chi connectivity index (χ0) is 21.8. The number of fused-ring (bicyclic) bond motifs is 1. The van der Waals surface area contributed by atoms with Gasteiger partial charge in [0.05, 0.1) is 0 Å². The van der Waals surface area contributed by atoms with Gasteiger partial charge in [-0.2, -0.15) is 0 Å². The molecule has 3 rings (SSSR count). The molecule has 1 unspecified atom stereocenters. The first kappa shape index (κ1) is 21.9. The van der Waals surface area contributed by atoms with Gasteiger partial charge >= 0.3 is 0 Å². The fourth-order valence-electron chi connectivity index (χ4n) is 4.14. The van der Waals surface area contributed by atoms with Crippen molar-refractivity contribution in [3.05, 3.63) is 59.2 Å². The van der Waals surface area contributed by atoms with Gasteiger partial charge in [0.15, 0.2) is 0 Å². The smallest absolute Gasteiger partial charge is 0.255 e. The lowest BCUT2D eigenvalue weighted by molar-refractivity contribution is -0.121. The molecule has 1 aliphatic rings. The maximum Gasteiger partial charge on any atom is 0.255 e. The van der Waals surface area contributed by atoms with Gasteiger partial charge in [-0.25, -0.2) is 0 Å². The Labute approximate surface area is 180 Å². The normalized spacial score (nSPS) is 14.1. The molecule has 2 aromatic rings. The Hall–Kier alpha value is -2.82. The zero-order valence-electron chi connectivity index (χ0n) is 18.7. The summed E-state index contributed by atoms with van der Waals surface area (Å²) in [6, 6.07) is 13.2. The lowest BCUT2D eigenvalue weighted by Crippen LogP contribution is -2.45. The Bertz CT molecular complexity index is 918. The minimum absolute atomic E-state index is 0.0556. The molecule has 2 aromatic carbocycles. The molecule has 30 heavy (non-hydrogen) atoms. The van der Waals surface area contributed by atoms with Crippen molar-refractivity contribution in [1.29, 1.82) is 0 Å². The number of hydrogen-bond acceptors (Lipinski definition) is 3. The summed E-state index contributed by atoms with van der Waals surface area (Å²) >= 11 is 0. The van der Waals surface area contributed by atoms with Crippen LogP contribution in [0, 0.1) is 12.8 Å². The molecule has 2 amide bonds. The number of amides is 2. The van der Waals surface area contributed by atoms with Crippen LogP contribution in [0.15, 0.2) is 42.5 Å². The minimum atomic E-state index is -0.494. The number of carbonyl (C=O) groups is 2. The summed E-state index contributed by atoms with van der Waals surface area (Å²) in [5.74, 6) is 0.118. The Morgan fingerprint density at radius 3 is 2.43 bits per heavy atom. The molecule has 1 N–H and O–H groups in total. The third kappa shape index (κ3) is 4.50. The number of nitrogens with zero attached hydrogens (tertiary/aromatic N) is 2. The molecule has 5 nitrogen and oxygen atoms in total. The average Bonchev–Trinajstić information content (AvgIpc) is 3.05. The highest BCUT2D eigenvalue weighted by Gasteiger charge is 2.36. The molecule has 1 atom stereocenters. The summed E-state index contributed by atoms with van der Waals surface area (Å²) in [5.41, 5.74) is 4.67. The van der Waals surface area contributed by atoms with Crippen LogP contribution < -0.4 is 10.2 Å². The van der Waals surface area contributed by atoms with E-state index in [1.54, 1.807) is 4.90 Å². The highest BCUT2D eigenvalue weighted by Crippen LogP contribution is 2.28. The van der Waals surface area contributed by atoms with Gasteiger partial charge in [0.25, 0.3) is 5.91 Å². The molecular weight excluding hydrogens is 374 g/mol. The molecule has 0 radical (unpaired) electrons. The Balaban J connectivity index is 1.81. The van der Waals surface area contributed by atoms with Crippen molar-refractivity contribution >= 4 is 23.2 Å². The molecule has 0 saturated heterocycles. The molecule has 0 aliphatic carbocycles. The maximum atomic E-state index is 13.3. The number of nitrogens with one attached hydrogen (secondary N) is 1. The Morgan fingerprint density at radius 2 is 1.83 bits per heavy atom. The number of hydrogen-bond donors (Lipinski definition) is 1. The van der Waals surface area contributed by atoms with E-state index in [1.807, 2.05) is 43.3 Å². The van der Waals surface area contributed by atoms with Gasteiger partial charge < -0.3 is 15.1 Å². The van der Waals surface area contributed by atoms with E-state index in [4.69, 9.17) is 0 Å². The second-order valence-corrected chi connectivity index (χ2v) is 8.40. The largest absolute Gasteiger partial charge is 0.372 e. The van der Waals surface area contributed by atoms with Crippen molar-refractivity contribution in [2.24, 2.45) is 5.92 Å². The van der Waals surface area contributed by atoms with Crippen LogP contribution in [0.4, 0.5) is 11.4 Å². The number of rotatable bonds is 8. The average molecular weight is 408 g/mol. The van der Waals surface area contributed by atoms with E-state index in [9.17, 15) is 9.59 Å². The molecule has 5 heteroatoms. The van der Waals surface area contributed by atoms with Gasteiger partial charge in [-0.1, -0.05) is 32.0 Å². The third-order valence-corrected chi connectivity index (χ3v) is 5.82. The summed E-state index contributed by atoms with van der Waals surface area (Å²) < 4.78 is 0. The van der Waals surface area contributed by atoms with Crippen LogP contribution >= 0.6 is 0 Å². The van der Waals surface area contributed by atoms with Gasteiger partial charge in [-0.3, -0.25) is 9.59 Å². The quantitative estimate of drug-likeness (QED) is 0.680. The van der Waals surface area contributed by atoms with Crippen LogP contribution in [0.3, 0.4) is 0 Å². The summed E-state index contributed by atoms with van der Waals surface area (Å²) in [5, 5.41) is 3.09. The fourth-order valence-corrected chi connectivity index (χ4v) is 4.14. The second-order valence-electron chi connectivity index (χ2n) is 8.40. The predicted molar refractivity (Wildman–Crippen MR) is 123 cm³/mol. The molecule has 160 valence electrons. The van der Waals surface area contributed by atoms with Crippen LogP contribution in [0.1, 0.15) is 55.6 Å². The summed E-state index contributed by atoms with van der Waals surface area (Å²) in [7, 11) is 0. The Morgan fingerprint density at radius 1 is 1.13 bits per heavy atom. The van der Waals surface area contributed by atoms with E-state index < -0.39 is 6.04 Å². The van der Waals surface area contributed by atoms with Crippen molar-refractivity contribution in [2.45, 2.75) is 53.6 Å². The number of anilines is 2. The van der Waals surface area contributed by atoms with E-state index in [2.05, 4.69) is 44.0 Å². The third-order valence-electron chi connectivity index (χ3n) is 5.82. The predicted octanol–water partition coefficient (Wildman–Crippen LogP) is 4.85. The van der Waals surface area contributed by atoms with Gasteiger partial charge in [-0.05, 0) is 68.5 Å². The molecule has 0 saturated carbocycles. The standard InChI is InChI=1S/C25H33N3O2/c1-6-27(7-2)20-12-13-22(18(5)15-20)26-24(29)23(14-17(3)4)28-16-19-10-8-9-11-21(19)25(28)30/h8-13,15,17,23H,6-7,14,16H2,1-5H3,(H,26,29). The monoisotopic (exact) mass is 407 g/mol. The SMILES string of the molecule is CCN(CC)c1ccc(NC(=O)C(CC(C)C)N2Cc3ccccc3C2=O)c(C)c1. The van der Waals surface area contributed by atoms with Crippen LogP contribution in [0.2, 0.25) is 0 Å². The van der Waals surface area contributed by atoms with E-state index in [1.165, 1.54) is 0 Å². The van der Waals surface area contributed by atoms with Crippen LogP contribution in [0.25, 0.3) is 0 Å². The maximum absolute atomic E-state index is 13.3. The summed E-state index contributed by atoms with van der Waals surface area (Å²) in [6.07, 6.45) is 0.627. The molecular formula is C25H33N3O2. The van der Waals surface area contributed by atoms with Crippen LogP contribution in [0.5, 0.6) is 0 Å². The summed E-state index contributed by atoms with van der Waals surface area (Å²) in [6.45, 7) is 12.8. The first-order valence-corrected chi connectivity index (χ1v) is 10.9. The molecule has 0 aromatic heterocycles. The van der Waals surface area contributed by atoms with Crippen molar-refractivity contribution in [3.63, 3.8) is 0 Å². The zero-order valence-corrected chi connectivity index (χ0v) is 18.7. The number of aryl methyl sites for hydroxylation is 1. The molecule has 0 bridgehead atoms. The van der Waals surface area contributed by atoms with E-state index in [0.717, 1.165) is 35.6 Å². The lowest BCUT2D eigenvalue weighted by Gasteiger charge is -2.29. The topological polar surface area (TPSA) is 52.7 Å². The van der Waals surface area contributed by atoms with E-state index >= 15 is 0 Å².